The summed E-state index contributed by atoms with van der Waals surface area (Å²) in [5.74, 6) is 0. The molecule has 25 heavy (non-hydrogen) atoms. The first-order valence-corrected chi connectivity index (χ1v) is 10.3. The minimum atomic E-state index is 1.08. The van der Waals surface area contributed by atoms with Crippen molar-refractivity contribution in [2.75, 3.05) is 5.32 Å². The van der Waals surface area contributed by atoms with E-state index in [1.54, 1.807) is 23.1 Å². The van der Waals surface area contributed by atoms with Crippen LogP contribution >= 0.6 is 23.1 Å². The van der Waals surface area contributed by atoms with Crippen LogP contribution in [-0.4, -0.2) is 4.98 Å². The molecule has 3 aromatic rings. The van der Waals surface area contributed by atoms with E-state index in [1.807, 2.05) is 26.1 Å². The number of rotatable bonds is 4. The van der Waals surface area contributed by atoms with E-state index in [-0.39, 0.29) is 0 Å². The minimum absolute atomic E-state index is 1.08. The van der Waals surface area contributed by atoms with Gasteiger partial charge in [0.2, 0.25) is 0 Å². The number of nitrogens with one attached hydrogen (secondary N) is 1. The van der Waals surface area contributed by atoms with Crippen molar-refractivity contribution in [3.63, 3.8) is 0 Å². The molecule has 2 nitrogen and oxygen atoms in total. The van der Waals surface area contributed by atoms with E-state index in [0.717, 1.165) is 16.2 Å². The van der Waals surface area contributed by atoms with E-state index in [0.29, 0.717) is 0 Å². The SMILES string of the molecule is CC.CC(C)=CSc1ccc(Nc2ccnc3sc(C)cc23)cc1C. The monoisotopic (exact) mass is 370 g/mol. The standard InChI is InChI=1S/C19H20N2S2.C2H6/c1-12(2)11-22-18-6-5-15(9-13(18)3)21-17-7-8-20-19-16(17)10-14(4)23-19;1-2/h5-11H,1-4H3,(H,20,21);1-2H3. The number of aromatic nitrogens is 1. The van der Waals surface area contributed by atoms with Gasteiger partial charge in [-0.05, 0) is 69.0 Å². The summed E-state index contributed by atoms with van der Waals surface area (Å²) in [6.07, 6.45) is 1.87. The lowest BCUT2D eigenvalue weighted by Crippen LogP contribution is -1.92. The first-order chi connectivity index (χ1) is 12.0. The summed E-state index contributed by atoms with van der Waals surface area (Å²) in [5, 5.41) is 6.92. The van der Waals surface area contributed by atoms with Gasteiger partial charge in [0.25, 0.3) is 0 Å². The Bertz CT molecular complexity index is 875. The zero-order chi connectivity index (χ0) is 18.4. The number of nitrogens with zero attached hydrogens (tertiary/aromatic N) is 1. The van der Waals surface area contributed by atoms with Gasteiger partial charge in [-0.15, -0.1) is 11.3 Å². The van der Waals surface area contributed by atoms with Gasteiger partial charge in [0.1, 0.15) is 4.83 Å². The lowest BCUT2D eigenvalue weighted by molar-refractivity contribution is 1.30. The van der Waals surface area contributed by atoms with E-state index in [4.69, 9.17) is 0 Å². The molecule has 0 saturated heterocycles. The Morgan fingerprint density at radius 2 is 1.88 bits per heavy atom. The summed E-state index contributed by atoms with van der Waals surface area (Å²) in [6, 6.07) is 10.8. The molecule has 0 bridgehead atoms. The third-order valence-corrected chi connectivity index (χ3v) is 5.69. The number of hydrogen-bond acceptors (Lipinski definition) is 4. The molecular formula is C21H26N2S2. The van der Waals surface area contributed by atoms with Crippen molar-refractivity contribution in [1.29, 1.82) is 0 Å². The van der Waals surface area contributed by atoms with Gasteiger partial charge >= 0.3 is 0 Å². The largest absolute Gasteiger partial charge is 0.355 e. The number of anilines is 2. The molecule has 0 atom stereocenters. The minimum Gasteiger partial charge on any atom is -0.355 e. The summed E-state index contributed by atoms with van der Waals surface area (Å²) in [4.78, 5) is 8.11. The maximum atomic E-state index is 4.45. The molecule has 2 heterocycles. The lowest BCUT2D eigenvalue weighted by Gasteiger charge is -2.10. The van der Waals surface area contributed by atoms with Gasteiger partial charge in [-0.25, -0.2) is 4.98 Å². The van der Waals surface area contributed by atoms with Crippen LogP contribution in [0.5, 0.6) is 0 Å². The molecule has 0 amide bonds. The Morgan fingerprint density at radius 3 is 2.56 bits per heavy atom. The second-order valence-electron chi connectivity index (χ2n) is 5.85. The first-order valence-electron chi connectivity index (χ1n) is 8.56. The van der Waals surface area contributed by atoms with E-state index >= 15 is 0 Å². The lowest BCUT2D eigenvalue weighted by atomic mass is 10.2. The summed E-state index contributed by atoms with van der Waals surface area (Å²) in [6.45, 7) is 12.5. The average Bonchev–Trinajstić information content (AvgIpc) is 2.97. The van der Waals surface area contributed by atoms with Gasteiger partial charge in [-0.3, -0.25) is 0 Å². The maximum Gasteiger partial charge on any atom is 0.125 e. The van der Waals surface area contributed by atoms with Gasteiger partial charge < -0.3 is 5.32 Å². The van der Waals surface area contributed by atoms with Crippen LogP contribution in [0, 0.1) is 13.8 Å². The molecular weight excluding hydrogens is 344 g/mol. The number of allylic oxidation sites excluding steroid dienone is 1. The Morgan fingerprint density at radius 1 is 1.12 bits per heavy atom. The molecule has 2 aromatic heterocycles. The Kier molecular flexibility index (Phi) is 7.09. The van der Waals surface area contributed by atoms with Crippen LogP contribution in [0.4, 0.5) is 11.4 Å². The highest BCUT2D eigenvalue weighted by molar-refractivity contribution is 8.02. The van der Waals surface area contributed by atoms with Crippen molar-refractivity contribution in [1.82, 2.24) is 4.98 Å². The van der Waals surface area contributed by atoms with Crippen LogP contribution in [0.1, 0.15) is 38.1 Å². The Hall–Kier alpha value is -1.78. The van der Waals surface area contributed by atoms with Crippen LogP contribution in [-0.2, 0) is 0 Å². The van der Waals surface area contributed by atoms with Gasteiger partial charge in [0.15, 0.2) is 0 Å². The fraction of sp³-hybridized carbons (Fsp3) is 0.286. The Labute approximate surface area is 159 Å². The molecule has 1 aromatic carbocycles. The van der Waals surface area contributed by atoms with Crippen LogP contribution in [0.3, 0.4) is 0 Å². The summed E-state index contributed by atoms with van der Waals surface area (Å²) >= 11 is 3.51. The smallest absolute Gasteiger partial charge is 0.125 e. The zero-order valence-corrected chi connectivity index (χ0v) is 17.4. The predicted octanol–water partition coefficient (Wildman–Crippen LogP) is 7.70. The first kappa shape index (κ1) is 19.5. The summed E-state index contributed by atoms with van der Waals surface area (Å²) in [7, 11) is 0. The Balaban J connectivity index is 0.00000109. The number of benzene rings is 1. The molecule has 132 valence electrons. The highest BCUT2D eigenvalue weighted by Gasteiger charge is 2.06. The summed E-state index contributed by atoms with van der Waals surface area (Å²) in [5.41, 5.74) is 4.83. The quantitative estimate of drug-likeness (QED) is 0.476. The molecule has 0 aliphatic heterocycles. The molecule has 0 radical (unpaired) electrons. The number of pyridine rings is 1. The molecule has 0 saturated carbocycles. The number of thioether (sulfide) groups is 1. The molecule has 4 heteroatoms. The topological polar surface area (TPSA) is 24.9 Å². The molecule has 0 fully saturated rings. The maximum absolute atomic E-state index is 4.45. The third kappa shape index (κ3) is 5.10. The molecule has 0 aliphatic rings. The number of hydrogen-bond donors (Lipinski definition) is 1. The van der Waals surface area contributed by atoms with Crippen LogP contribution in [0.15, 0.2) is 52.4 Å². The van der Waals surface area contributed by atoms with Gasteiger partial charge in [-0.1, -0.05) is 31.2 Å². The van der Waals surface area contributed by atoms with E-state index in [1.165, 1.54) is 26.3 Å². The van der Waals surface area contributed by atoms with Crippen LogP contribution in [0.2, 0.25) is 0 Å². The molecule has 0 aliphatic carbocycles. The van der Waals surface area contributed by atoms with Crippen molar-refractivity contribution >= 4 is 44.7 Å². The highest BCUT2D eigenvalue weighted by Crippen LogP contribution is 2.32. The zero-order valence-electron chi connectivity index (χ0n) is 15.8. The van der Waals surface area contributed by atoms with Crippen molar-refractivity contribution in [2.24, 2.45) is 0 Å². The van der Waals surface area contributed by atoms with Gasteiger partial charge in [0, 0.05) is 27.0 Å². The molecule has 0 unspecified atom stereocenters. The van der Waals surface area contributed by atoms with Gasteiger partial charge in [-0.2, -0.15) is 0 Å². The van der Waals surface area contributed by atoms with Crippen molar-refractivity contribution in [3.8, 4) is 0 Å². The fourth-order valence-electron chi connectivity index (χ4n) is 2.37. The third-order valence-electron chi connectivity index (χ3n) is 3.43. The second-order valence-corrected chi connectivity index (χ2v) is 8.00. The number of aryl methyl sites for hydroxylation is 2. The van der Waals surface area contributed by atoms with Gasteiger partial charge in [0.05, 0.1) is 5.69 Å². The van der Waals surface area contributed by atoms with Crippen molar-refractivity contribution < 1.29 is 0 Å². The number of fused-ring (bicyclic) bond motifs is 1. The molecule has 1 N–H and O–H groups in total. The predicted molar refractivity (Wildman–Crippen MR) is 115 cm³/mol. The van der Waals surface area contributed by atoms with Crippen LogP contribution in [0.25, 0.3) is 10.2 Å². The normalized spacial score (nSPS) is 10.2. The molecule has 0 spiro atoms. The molecule has 3 rings (SSSR count). The van der Waals surface area contributed by atoms with E-state index in [2.05, 4.69) is 67.7 Å². The van der Waals surface area contributed by atoms with Crippen molar-refractivity contribution in [2.45, 2.75) is 46.4 Å². The average molecular weight is 371 g/mol. The number of thiophene rings is 1. The second kappa shape index (κ2) is 9.07. The summed E-state index contributed by atoms with van der Waals surface area (Å²) < 4.78 is 0. The van der Waals surface area contributed by atoms with E-state index in [9.17, 15) is 0 Å². The van der Waals surface area contributed by atoms with Crippen LogP contribution < -0.4 is 5.32 Å². The highest BCUT2D eigenvalue weighted by atomic mass is 32.2. The van der Waals surface area contributed by atoms with Crippen molar-refractivity contribution in [3.05, 3.63) is 58.0 Å². The van der Waals surface area contributed by atoms with E-state index < -0.39 is 0 Å². The fourth-order valence-corrected chi connectivity index (χ4v) is 3.99.